The molecule has 0 bridgehead atoms. The second kappa shape index (κ2) is 10.6. The summed E-state index contributed by atoms with van der Waals surface area (Å²) in [6, 6.07) is 31.4. The molecule has 0 aliphatic carbocycles. The van der Waals surface area contributed by atoms with Gasteiger partial charge < -0.3 is 10.6 Å². The van der Waals surface area contributed by atoms with E-state index >= 15 is 0 Å². The van der Waals surface area contributed by atoms with Crippen LogP contribution in [0, 0.1) is 13.8 Å². The van der Waals surface area contributed by atoms with Gasteiger partial charge in [0.1, 0.15) is 0 Å². The Balaban J connectivity index is 1.34. The smallest absolute Gasteiger partial charge is 0.228 e. The van der Waals surface area contributed by atoms with Gasteiger partial charge >= 0.3 is 0 Å². The Hall–Kier alpha value is -4.18. The number of benzene rings is 4. The van der Waals surface area contributed by atoms with Crippen LogP contribution < -0.4 is 10.6 Å². The summed E-state index contributed by atoms with van der Waals surface area (Å²) >= 11 is 0. The summed E-state index contributed by atoms with van der Waals surface area (Å²) in [4.78, 5) is 24.8. The van der Waals surface area contributed by atoms with Crippen LogP contribution >= 0.6 is 0 Å². The van der Waals surface area contributed by atoms with Crippen LogP contribution in [0.5, 0.6) is 0 Å². The number of hydrogen-bond acceptors (Lipinski definition) is 2. The number of aryl methyl sites for hydroxylation is 2. The quantitative estimate of drug-likeness (QED) is 0.347. The number of rotatable bonds is 7. The second-order valence-electron chi connectivity index (χ2n) is 8.46. The Morgan fingerprint density at radius 2 is 0.882 bits per heavy atom. The van der Waals surface area contributed by atoms with Gasteiger partial charge in [-0.05, 0) is 71.5 Å². The largest absolute Gasteiger partial charge is 0.326 e. The van der Waals surface area contributed by atoms with Crippen molar-refractivity contribution >= 4 is 23.2 Å². The third-order valence-corrected chi connectivity index (χ3v) is 5.90. The molecule has 0 heterocycles. The lowest BCUT2D eigenvalue weighted by molar-refractivity contribution is -0.116. The van der Waals surface area contributed by atoms with E-state index in [-0.39, 0.29) is 11.8 Å². The van der Waals surface area contributed by atoms with Gasteiger partial charge in [-0.1, -0.05) is 72.8 Å². The molecule has 0 fully saturated rings. The maximum absolute atomic E-state index is 12.4. The molecule has 4 nitrogen and oxygen atoms in total. The maximum atomic E-state index is 12.4. The van der Waals surface area contributed by atoms with Crippen molar-refractivity contribution < 1.29 is 9.59 Å². The van der Waals surface area contributed by atoms with Crippen molar-refractivity contribution in [2.45, 2.75) is 26.7 Å². The van der Waals surface area contributed by atoms with Crippen LogP contribution in [0.1, 0.15) is 22.3 Å². The molecule has 0 unspecified atom stereocenters. The zero-order valence-corrected chi connectivity index (χ0v) is 19.5. The first-order chi connectivity index (χ1) is 16.5. The molecule has 0 aromatic heterocycles. The lowest BCUT2D eigenvalue weighted by Gasteiger charge is -2.10. The molecule has 2 N–H and O–H groups in total. The molecule has 170 valence electrons. The Labute approximate surface area is 200 Å². The standard InChI is InChI=1S/C30H28N2O2/c1-21-7-3-5-9-25(21)19-29(33)31-27-15-11-23(12-16-27)24-13-17-28(18-14-24)32-30(34)20-26-10-6-4-8-22(26)2/h3-18H,19-20H2,1-2H3,(H,31,33)(H,32,34). The molecule has 4 rings (SSSR count). The summed E-state index contributed by atoms with van der Waals surface area (Å²) in [5.41, 5.74) is 7.89. The van der Waals surface area contributed by atoms with Gasteiger partial charge in [0.2, 0.25) is 11.8 Å². The predicted octanol–water partition coefficient (Wildman–Crippen LogP) is 6.33. The summed E-state index contributed by atoms with van der Waals surface area (Å²) in [5, 5.41) is 5.93. The van der Waals surface area contributed by atoms with E-state index in [1.165, 1.54) is 0 Å². The normalized spacial score (nSPS) is 10.5. The fourth-order valence-corrected chi connectivity index (χ4v) is 3.87. The van der Waals surface area contributed by atoms with E-state index < -0.39 is 0 Å². The minimum Gasteiger partial charge on any atom is -0.326 e. The molecule has 2 amide bonds. The fourth-order valence-electron chi connectivity index (χ4n) is 3.87. The van der Waals surface area contributed by atoms with Gasteiger partial charge in [-0.3, -0.25) is 9.59 Å². The lowest BCUT2D eigenvalue weighted by Crippen LogP contribution is -2.15. The molecule has 0 spiro atoms. The van der Waals surface area contributed by atoms with Crippen molar-refractivity contribution in [1.29, 1.82) is 0 Å². The van der Waals surface area contributed by atoms with Crippen LogP contribution in [0.25, 0.3) is 11.1 Å². The molecule has 0 atom stereocenters. The predicted molar refractivity (Wildman–Crippen MR) is 139 cm³/mol. The van der Waals surface area contributed by atoms with Crippen LogP contribution in [0.3, 0.4) is 0 Å². The summed E-state index contributed by atoms with van der Waals surface area (Å²) in [6.07, 6.45) is 0.705. The highest BCUT2D eigenvalue weighted by Crippen LogP contribution is 2.23. The Kier molecular flexibility index (Phi) is 7.19. The van der Waals surface area contributed by atoms with E-state index in [9.17, 15) is 9.59 Å². The first kappa shape index (κ1) is 23.0. The van der Waals surface area contributed by atoms with Crippen molar-refractivity contribution in [3.63, 3.8) is 0 Å². The van der Waals surface area contributed by atoms with E-state index in [1.807, 2.05) is 111 Å². The van der Waals surface area contributed by atoms with Gasteiger partial charge in [-0.25, -0.2) is 0 Å². The van der Waals surface area contributed by atoms with Crippen molar-refractivity contribution in [3.05, 3.63) is 119 Å². The zero-order valence-electron chi connectivity index (χ0n) is 19.5. The number of carbonyl (C=O) groups is 2. The Morgan fingerprint density at radius 1 is 0.529 bits per heavy atom. The highest BCUT2D eigenvalue weighted by atomic mass is 16.2. The van der Waals surface area contributed by atoms with Gasteiger partial charge in [-0.2, -0.15) is 0 Å². The van der Waals surface area contributed by atoms with E-state index in [1.54, 1.807) is 0 Å². The molecule has 34 heavy (non-hydrogen) atoms. The zero-order chi connectivity index (χ0) is 23.9. The molecule has 4 aromatic rings. The van der Waals surface area contributed by atoms with Gasteiger partial charge in [0.05, 0.1) is 12.8 Å². The van der Waals surface area contributed by atoms with Crippen LogP contribution in [0.15, 0.2) is 97.1 Å². The molecule has 4 heteroatoms. The highest BCUT2D eigenvalue weighted by molar-refractivity contribution is 5.93. The molecule has 0 saturated carbocycles. The van der Waals surface area contributed by atoms with E-state index in [4.69, 9.17) is 0 Å². The summed E-state index contributed by atoms with van der Waals surface area (Å²) in [6.45, 7) is 4.02. The van der Waals surface area contributed by atoms with Crippen LogP contribution in [-0.4, -0.2) is 11.8 Å². The first-order valence-corrected chi connectivity index (χ1v) is 11.4. The molecule has 0 radical (unpaired) electrons. The third-order valence-electron chi connectivity index (χ3n) is 5.90. The minimum absolute atomic E-state index is 0.0344. The third kappa shape index (κ3) is 5.99. The minimum atomic E-state index is -0.0344. The Bertz CT molecular complexity index is 1190. The molecule has 0 saturated heterocycles. The summed E-state index contributed by atoms with van der Waals surface area (Å²) in [5.74, 6) is -0.0688. The van der Waals surface area contributed by atoms with Gasteiger partial charge in [-0.15, -0.1) is 0 Å². The second-order valence-corrected chi connectivity index (χ2v) is 8.46. The molecular weight excluding hydrogens is 420 g/mol. The molecule has 0 aliphatic heterocycles. The Morgan fingerprint density at radius 3 is 1.24 bits per heavy atom. The van der Waals surface area contributed by atoms with Crippen LogP contribution in [-0.2, 0) is 22.4 Å². The SMILES string of the molecule is Cc1ccccc1CC(=O)Nc1ccc(-c2ccc(NC(=O)Cc3ccccc3C)cc2)cc1. The average Bonchev–Trinajstić information content (AvgIpc) is 2.83. The van der Waals surface area contributed by atoms with Crippen molar-refractivity contribution in [3.8, 4) is 11.1 Å². The number of amides is 2. The first-order valence-electron chi connectivity index (χ1n) is 11.4. The van der Waals surface area contributed by atoms with E-state index in [0.717, 1.165) is 44.8 Å². The number of carbonyl (C=O) groups excluding carboxylic acids is 2. The van der Waals surface area contributed by atoms with Crippen LogP contribution in [0.2, 0.25) is 0 Å². The van der Waals surface area contributed by atoms with Gasteiger partial charge in [0.15, 0.2) is 0 Å². The fraction of sp³-hybridized carbons (Fsp3) is 0.133. The number of hydrogen-bond donors (Lipinski definition) is 2. The monoisotopic (exact) mass is 448 g/mol. The molecule has 4 aromatic carbocycles. The van der Waals surface area contributed by atoms with Crippen molar-refractivity contribution in [2.24, 2.45) is 0 Å². The average molecular weight is 449 g/mol. The molecule has 0 aliphatic rings. The van der Waals surface area contributed by atoms with Gasteiger partial charge in [0, 0.05) is 11.4 Å². The number of anilines is 2. The van der Waals surface area contributed by atoms with E-state index in [2.05, 4.69) is 10.6 Å². The molecular formula is C30H28N2O2. The van der Waals surface area contributed by atoms with E-state index in [0.29, 0.717) is 12.8 Å². The number of nitrogens with one attached hydrogen (secondary N) is 2. The highest BCUT2D eigenvalue weighted by Gasteiger charge is 2.08. The lowest BCUT2D eigenvalue weighted by atomic mass is 10.0. The van der Waals surface area contributed by atoms with Gasteiger partial charge in [0.25, 0.3) is 0 Å². The summed E-state index contributed by atoms with van der Waals surface area (Å²) < 4.78 is 0. The topological polar surface area (TPSA) is 58.2 Å². The summed E-state index contributed by atoms with van der Waals surface area (Å²) in [7, 11) is 0. The van der Waals surface area contributed by atoms with Crippen LogP contribution in [0.4, 0.5) is 11.4 Å². The van der Waals surface area contributed by atoms with Crippen molar-refractivity contribution in [2.75, 3.05) is 10.6 Å². The van der Waals surface area contributed by atoms with Crippen molar-refractivity contribution in [1.82, 2.24) is 0 Å². The maximum Gasteiger partial charge on any atom is 0.228 e.